The predicted molar refractivity (Wildman–Crippen MR) is 99.9 cm³/mol. The number of hydrogen-bond acceptors (Lipinski definition) is 5. The number of aliphatic hydroxyl groups is 1. The number of halogens is 1. The summed E-state index contributed by atoms with van der Waals surface area (Å²) < 4.78 is 0. The molecule has 1 amide bonds. The maximum Gasteiger partial charge on any atom is 0.273 e. The van der Waals surface area contributed by atoms with Crippen molar-refractivity contribution in [1.29, 1.82) is 0 Å². The van der Waals surface area contributed by atoms with Gasteiger partial charge in [0, 0.05) is 29.9 Å². The van der Waals surface area contributed by atoms with Crippen LogP contribution in [0.4, 0.5) is 0 Å². The number of rotatable bonds is 5. The SMILES string of the molecule is NCCc1nc(C(=O)N2CCC(C(O)c3ccc(Cl)cc3)CC2)cs1. The second-order valence-electron chi connectivity index (χ2n) is 6.29. The third-order valence-electron chi connectivity index (χ3n) is 4.61. The van der Waals surface area contributed by atoms with E-state index in [0.29, 0.717) is 36.8 Å². The highest BCUT2D eigenvalue weighted by Crippen LogP contribution is 2.31. The average molecular weight is 380 g/mol. The number of benzene rings is 1. The fourth-order valence-corrected chi connectivity index (χ4v) is 4.07. The van der Waals surface area contributed by atoms with Crippen LogP contribution in [0, 0.1) is 5.92 Å². The molecule has 5 nitrogen and oxygen atoms in total. The van der Waals surface area contributed by atoms with Crippen molar-refractivity contribution < 1.29 is 9.90 Å². The van der Waals surface area contributed by atoms with Gasteiger partial charge in [-0.3, -0.25) is 4.79 Å². The topological polar surface area (TPSA) is 79.5 Å². The second-order valence-corrected chi connectivity index (χ2v) is 7.67. The highest BCUT2D eigenvalue weighted by molar-refractivity contribution is 7.09. The van der Waals surface area contributed by atoms with Gasteiger partial charge in [0.15, 0.2) is 0 Å². The quantitative estimate of drug-likeness (QED) is 0.837. The van der Waals surface area contributed by atoms with E-state index in [1.807, 2.05) is 22.4 Å². The number of likely N-dealkylation sites (tertiary alicyclic amines) is 1. The van der Waals surface area contributed by atoms with Crippen molar-refractivity contribution in [3.8, 4) is 0 Å². The highest BCUT2D eigenvalue weighted by Gasteiger charge is 2.29. The van der Waals surface area contributed by atoms with Crippen molar-refractivity contribution in [3.05, 3.63) is 50.9 Å². The summed E-state index contributed by atoms with van der Waals surface area (Å²) in [5, 5.41) is 13.9. The smallest absolute Gasteiger partial charge is 0.273 e. The van der Waals surface area contributed by atoms with E-state index in [-0.39, 0.29) is 11.8 Å². The van der Waals surface area contributed by atoms with Crippen molar-refractivity contribution in [2.24, 2.45) is 11.7 Å². The molecular formula is C18H22ClN3O2S. The zero-order chi connectivity index (χ0) is 17.8. The predicted octanol–water partition coefficient (Wildman–Crippen LogP) is 2.88. The molecule has 1 aliphatic rings. The van der Waals surface area contributed by atoms with Crippen LogP contribution < -0.4 is 5.73 Å². The highest BCUT2D eigenvalue weighted by atomic mass is 35.5. The molecule has 0 radical (unpaired) electrons. The Balaban J connectivity index is 1.57. The molecule has 1 saturated heterocycles. The molecule has 134 valence electrons. The summed E-state index contributed by atoms with van der Waals surface area (Å²) in [6.45, 7) is 1.81. The minimum atomic E-state index is -0.523. The van der Waals surface area contributed by atoms with Crippen LogP contribution in [0.2, 0.25) is 5.02 Å². The molecule has 1 aromatic heterocycles. The van der Waals surface area contributed by atoms with Gasteiger partial charge < -0.3 is 15.7 Å². The van der Waals surface area contributed by atoms with E-state index in [2.05, 4.69) is 4.98 Å². The maximum atomic E-state index is 12.6. The summed E-state index contributed by atoms with van der Waals surface area (Å²) in [5.41, 5.74) is 6.91. The molecule has 2 heterocycles. The van der Waals surface area contributed by atoms with Crippen molar-refractivity contribution in [3.63, 3.8) is 0 Å². The summed E-state index contributed by atoms with van der Waals surface area (Å²) in [7, 11) is 0. The third kappa shape index (κ3) is 4.39. The molecule has 3 rings (SSSR count). The van der Waals surface area contributed by atoms with Crippen LogP contribution in [0.5, 0.6) is 0 Å². The molecule has 0 aliphatic carbocycles. The first-order chi connectivity index (χ1) is 12.1. The number of nitrogens with two attached hydrogens (primary N) is 1. The maximum absolute atomic E-state index is 12.6. The molecule has 1 unspecified atom stereocenters. The molecule has 1 aliphatic heterocycles. The minimum Gasteiger partial charge on any atom is -0.388 e. The lowest BCUT2D eigenvalue weighted by atomic mass is 9.87. The van der Waals surface area contributed by atoms with E-state index in [0.717, 1.165) is 23.4 Å². The molecule has 1 fully saturated rings. The van der Waals surface area contributed by atoms with Gasteiger partial charge in [-0.05, 0) is 43.0 Å². The Hall–Kier alpha value is -1.47. The van der Waals surface area contributed by atoms with E-state index >= 15 is 0 Å². The third-order valence-corrected chi connectivity index (χ3v) is 5.77. The van der Waals surface area contributed by atoms with Crippen LogP contribution in [0.15, 0.2) is 29.6 Å². The van der Waals surface area contributed by atoms with Gasteiger partial charge in [-0.15, -0.1) is 11.3 Å². The van der Waals surface area contributed by atoms with Gasteiger partial charge in [-0.1, -0.05) is 23.7 Å². The zero-order valence-corrected chi connectivity index (χ0v) is 15.5. The van der Waals surface area contributed by atoms with Gasteiger partial charge in [-0.2, -0.15) is 0 Å². The molecule has 1 atom stereocenters. The molecule has 0 spiro atoms. The Morgan fingerprint density at radius 1 is 1.36 bits per heavy atom. The van der Waals surface area contributed by atoms with Crippen LogP contribution in [0.3, 0.4) is 0 Å². The molecule has 0 saturated carbocycles. The zero-order valence-electron chi connectivity index (χ0n) is 13.9. The Bertz CT molecular complexity index is 711. The van der Waals surface area contributed by atoms with Crippen molar-refractivity contribution in [2.75, 3.05) is 19.6 Å². The van der Waals surface area contributed by atoms with Crippen molar-refractivity contribution in [1.82, 2.24) is 9.88 Å². The van der Waals surface area contributed by atoms with E-state index in [4.69, 9.17) is 17.3 Å². The number of aromatic nitrogens is 1. The molecule has 7 heteroatoms. The standard InChI is InChI=1S/C18H22ClN3O2S/c19-14-3-1-12(2-4-14)17(23)13-6-9-22(10-7-13)18(24)15-11-25-16(21-15)5-8-20/h1-4,11,13,17,23H,5-10,20H2. The summed E-state index contributed by atoms with van der Waals surface area (Å²) in [6.07, 6.45) is 1.72. The number of piperidine rings is 1. The van der Waals surface area contributed by atoms with E-state index in [1.54, 1.807) is 12.1 Å². The number of carbonyl (C=O) groups is 1. The van der Waals surface area contributed by atoms with Crippen molar-refractivity contribution in [2.45, 2.75) is 25.4 Å². The summed E-state index contributed by atoms with van der Waals surface area (Å²) in [6, 6.07) is 7.30. The molecule has 3 N–H and O–H groups in total. The lowest BCUT2D eigenvalue weighted by Crippen LogP contribution is -2.40. The van der Waals surface area contributed by atoms with E-state index in [9.17, 15) is 9.90 Å². The first-order valence-electron chi connectivity index (χ1n) is 8.45. The Morgan fingerprint density at radius 3 is 2.68 bits per heavy atom. The van der Waals surface area contributed by atoms with Gasteiger partial charge in [0.1, 0.15) is 5.69 Å². The van der Waals surface area contributed by atoms with Crippen LogP contribution >= 0.6 is 22.9 Å². The first kappa shape index (κ1) is 18.3. The van der Waals surface area contributed by atoms with Gasteiger partial charge in [0.2, 0.25) is 0 Å². The molecule has 25 heavy (non-hydrogen) atoms. The summed E-state index contributed by atoms with van der Waals surface area (Å²) >= 11 is 7.38. The molecule has 1 aromatic carbocycles. The first-order valence-corrected chi connectivity index (χ1v) is 9.71. The fourth-order valence-electron chi connectivity index (χ4n) is 3.16. The number of aliphatic hydroxyl groups excluding tert-OH is 1. The van der Waals surface area contributed by atoms with Gasteiger partial charge in [-0.25, -0.2) is 4.98 Å². The largest absolute Gasteiger partial charge is 0.388 e. The monoisotopic (exact) mass is 379 g/mol. The van der Waals surface area contributed by atoms with Gasteiger partial charge >= 0.3 is 0 Å². The fraction of sp³-hybridized carbons (Fsp3) is 0.444. The molecular weight excluding hydrogens is 358 g/mol. The summed E-state index contributed by atoms with van der Waals surface area (Å²) in [4.78, 5) is 18.8. The lowest BCUT2D eigenvalue weighted by molar-refractivity contribution is 0.0459. The lowest BCUT2D eigenvalue weighted by Gasteiger charge is -2.34. The van der Waals surface area contributed by atoms with Crippen molar-refractivity contribution >= 4 is 28.8 Å². The molecule has 0 bridgehead atoms. The number of hydrogen-bond donors (Lipinski definition) is 2. The minimum absolute atomic E-state index is 0.0287. The summed E-state index contributed by atoms with van der Waals surface area (Å²) in [5.74, 6) is 0.118. The van der Waals surface area contributed by atoms with Gasteiger partial charge in [0.05, 0.1) is 11.1 Å². The number of carbonyl (C=O) groups excluding carboxylic acids is 1. The molecule has 2 aromatic rings. The van der Waals surface area contributed by atoms with Crippen LogP contribution in [-0.4, -0.2) is 40.5 Å². The second kappa shape index (κ2) is 8.27. The van der Waals surface area contributed by atoms with Crippen LogP contribution in [0.1, 0.15) is 40.0 Å². The Morgan fingerprint density at radius 2 is 2.04 bits per heavy atom. The Kier molecular flexibility index (Phi) is 6.06. The van der Waals surface area contributed by atoms with E-state index in [1.165, 1.54) is 11.3 Å². The Labute approximate surface area is 156 Å². The number of nitrogens with zero attached hydrogens (tertiary/aromatic N) is 2. The normalized spacial score (nSPS) is 16.8. The van der Waals surface area contributed by atoms with E-state index < -0.39 is 6.10 Å². The average Bonchev–Trinajstić information content (AvgIpc) is 3.10. The number of amides is 1. The number of thiazole rings is 1. The van der Waals surface area contributed by atoms with Crippen LogP contribution in [-0.2, 0) is 6.42 Å². The van der Waals surface area contributed by atoms with Crippen LogP contribution in [0.25, 0.3) is 0 Å². The van der Waals surface area contributed by atoms with Gasteiger partial charge in [0.25, 0.3) is 5.91 Å².